The molecule has 0 atom stereocenters. The van der Waals surface area contributed by atoms with Crippen LogP contribution in [-0.2, 0) is 16.1 Å². The summed E-state index contributed by atoms with van der Waals surface area (Å²) in [5, 5.41) is 12.0. The highest BCUT2D eigenvalue weighted by Gasteiger charge is 2.10. The Morgan fingerprint density at radius 2 is 2.26 bits per heavy atom. The van der Waals surface area contributed by atoms with E-state index in [-0.39, 0.29) is 11.5 Å². The maximum atomic E-state index is 11.1. The van der Waals surface area contributed by atoms with Crippen LogP contribution in [0.5, 0.6) is 0 Å². The van der Waals surface area contributed by atoms with Gasteiger partial charge in [-0.2, -0.15) is 0 Å². The standard InChI is InChI=1S/C12H17N3O4/c1-2-19-11(16)4-3-5-13-7-10-9(12(17)18)6-14-8-15-10/h6,8,13H,2-5,7H2,1H3,(H,17,18). The minimum atomic E-state index is -1.05. The Bertz CT molecular complexity index is 437. The van der Waals surface area contributed by atoms with Gasteiger partial charge in [-0.15, -0.1) is 0 Å². The van der Waals surface area contributed by atoms with Crippen LogP contribution in [0, 0.1) is 0 Å². The molecule has 7 heteroatoms. The molecule has 7 nitrogen and oxygen atoms in total. The zero-order chi connectivity index (χ0) is 14.1. The van der Waals surface area contributed by atoms with Crippen molar-refractivity contribution >= 4 is 11.9 Å². The average Bonchev–Trinajstić information content (AvgIpc) is 2.39. The van der Waals surface area contributed by atoms with Crippen LogP contribution in [0.15, 0.2) is 12.5 Å². The highest BCUT2D eigenvalue weighted by atomic mass is 16.5. The first-order valence-corrected chi connectivity index (χ1v) is 6.03. The summed E-state index contributed by atoms with van der Waals surface area (Å²) in [5.74, 6) is -1.28. The Morgan fingerprint density at radius 1 is 1.47 bits per heavy atom. The van der Waals surface area contributed by atoms with Gasteiger partial charge in [0.2, 0.25) is 0 Å². The van der Waals surface area contributed by atoms with Gasteiger partial charge >= 0.3 is 11.9 Å². The van der Waals surface area contributed by atoms with Crippen molar-refractivity contribution in [2.45, 2.75) is 26.3 Å². The Labute approximate surface area is 111 Å². The highest BCUT2D eigenvalue weighted by molar-refractivity contribution is 5.88. The van der Waals surface area contributed by atoms with Gasteiger partial charge in [-0.05, 0) is 19.9 Å². The van der Waals surface area contributed by atoms with Gasteiger partial charge in [0.05, 0.1) is 12.3 Å². The first-order valence-electron chi connectivity index (χ1n) is 6.03. The Hall–Kier alpha value is -2.02. The molecule has 0 aliphatic heterocycles. The van der Waals surface area contributed by atoms with Crippen molar-refractivity contribution in [3.8, 4) is 0 Å². The van der Waals surface area contributed by atoms with E-state index in [9.17, 15) is 9.59 Å². The third-order valence-electron chi connectivity index (χ3n) is 2.36. The molecule has 0 radical (unpaired) electrons. The monoisotopic (exact) mass is 267 g/mol. The highest BCUT2D eigenvalue weighted by Crippen LogP contribution is 2.03. The van der Waals surface area contributed by atoms with Gasteiger partial charge in [0.25, 0.3) is 0 Å². The van der Waals surface area contributed by atoms with Crippen LogP contribution in [-0.4, -0.2) is 40.2 Å². The second kappa shape index (κ2) is 8.15. The second-order valence-electron chi connectivity index (χ2n) is 3.77. The van der Waals surface area contributed by atoms with Gasteiger partial charge in [-0.3, -0.25) is 4.79 Å². The number of aromatic nitrogens is 2. The lowest BCUT2D eigenvalue weighted by molar-refractivity contribution is -0.143. The molecular weight excluding hydrogens is 250 g/mol. The molecule has 1 aromatic rings. The number of ether oxygens (including phenoxy) is 1. The number of hydrogen-bond donors (Lipinski definition) is 2. The van der Waals surface area contributed by atoms with E-state index in [0.29, 0.717) is 38.2 Å². The summed E-state index contributed by atoms with van der Waals surface area (Å²) < 4.78 is 4.79. The molecule has 0 amide bonds. The quantitative estimate of drug-likeness (QED) is 0.525. The molecule has 0 saturated heterocycles. The number of esters is 1. The number of nitrogens with zero attached hydrogens (tertiary/aromatic N) is 2. The maximum absolute atomic E-state index is 11.1. The predicted molar refractivity (Wildman–Crippen MR) is 66.6 cm³/mol. The van der Waals surface area contributed by atoms with Gasteiger partial charge in [0.15, 0.2) is 0 Å². The lowest BCUT2D eigenvalue weighted by Gasteiger charge is -2.06. The largest absolute Gasteiger partial charge is 0.478 e. The molecule has 0 aromatic carbocycles. The van der Waals surface area contributed by atoms with Crippen molar-refractivity contribution in [1.82, 2.24) is 15.3 Å². The van der Waals surface area contributed by atoms with E-state index in [0.717, 1.165) is 0 Å². The van der Waals surface area contributed by atoms with Crippen LogP contribution in [0.4, 0.5) is 0 Å². The molecule has 0 spiro atoms. The molecule has 1 heterocycles. The van der Waals surface area contributed by atoms with E-state index < -0.39 is 5.97 Å². The fourth-order valence-corrected chi connectivity index (χ4v) is 1.47. The minimum absolute atomic E-state index is 0.0837. The molecule has 19 heavy (non-hydrogen) atoms. The van der Waals surface area contributed by atoms with Crippen molar-refractivity contribution in [2.75, 3.05) is 13.2 Å². The van der Waals surface area contributed by atoms with Crippen LogP contribution in [0.25, 0.3) is 0 Å². The first kappa shape index (κ1) is 15.0. The van der Waals surface area contributed by atoms with Crippen molar-refractivity contribution in [3.63, 3.8) is 0 Å². The first-order chi connectivity index (χ1) is 9.15. The van der Waals surface area contributed by atoms with E-state index in [2.05, 4.69) is 15.3 Å². The van der Waals surface area contributed by atoms with E-state index in [1.54, 1.807) is 6.92 Å². The Balaban J connectivity index is 2.30. The third-order valence-corrected chi connectivity index (χ3v) is 2.36. The summed E-state index contributed by atoms with van der Waals surface area (Å²) >= 11 is 0. The fraction of sp³-hybridized carbons (Fsp3) is 0.500. The summed E-state index contributed by atoms with van der Waals surface area (Å²) in [6.07, 6.45) is 3.55. The molecule has 2 N–H and O–H groups in total. The number of carboxylic acid groups (broad SMARTS) is 1. The topological polar surface area (TPSA) is 101 Å². The lowest BCUT2D eigenvalue weighted by atomic mass is 10.2. The van der Waals surface area contributed by atoms with Crippen LogP contribution in [0.2, 0.25) is 0 Å². The van der Waals surface area contributed by atoms with Crippen molar-refractivity contribution in [3.05, 3.63) is 23.8 Å². The average molecular weight is 267 g/mol. The van der Waals surface area contributed by atoms with E-state index in [4.69, 9.17) is 9.84 Å². The van der Waals surface area contributed by atoms with Crippen LogP contribution in [0.3, 0.4) is 0 Å². The molecule has 1 rings (SSSR count). The zero-order valence-corrected chi connectivity index (χ0v) is 10.8. The molecule has 104 valence electrons. The van der Waals surface area contributed by atoms with Crippen LogP contribution < -0.4 is 5.32 Å². The molecule has 0 saturated carbocycles. The van der Waals surface area contributed by atoms with Gasteiger partial charge in [0.1, 0.15) is 11.9 Å². The number of carbonyl (C=O) groups is 2. The van der Waals surface area contributed by atoms with E-state index in [1.165, 1.54) is 12.5 Å². The van der Waals surface area contributed by atoms with E-state index >= 15 is 0 Å². The third kappa shape index (κ3) is 5.43. The number of nitrogens with one attached hydrogen (secondary N) is 1. The molecule has 0 aliphatic rings. The lowest BCUT2D eigenvalue weighted by Crippen LogP contribution is -2.19. The van der Waals surface area contributed by atoms with Crippen LogP contribution >= 0.6 is 0 Å². The van der Waals surface area contributed by atoms with E-state index in [1.807, 2.05) is 0 Å². The summed E-state index contributed by atoms with van der Waals surface area (Å²) in [6, 6.07) is 0. The number of carbonyl (C=O) groups excluding carboxylic acids is 1. The van der Waals surface area contributed by atoms with Gasteiger partial charge in [-0.1, -0.05) is 0 Å². The van der Waals surface area contributed by atoms with Gasteiger partial charge in [0, 0.05) is 19.2 Å². The van der Waals surface area contributed by atoms with Crippen molar-refractivity contribution in [1.29, 1.82) is 0 Å². The molecule has 0 fully saturated rings. The number of carboxylic acids is 1. The number of hydrogen-bond acceptors (Lipinski definition) is 6. The molecule has 0 unspecified atom stereocenters. The molecule has 0 bridgehead atoms. The second-order valence-corrected chi connectivity index (χ2v) is 3.77. The Morgan fingerprint density at radius 3 is 2.95 bits per heavy atom. The summed E-state index contributed by atoms with van der Waals surface area (Å²) in [6.45, 7) is 3.06. The summed E-state index contributed by atoms with van der Waals surface area (Å²) in [5.41, 5.74) is 0.513. The van der Waals surface area contributed by atoms with Gasteiger partial charge in [-0.25, -0.2) is 14.8 Å². The normalized spacial score (nSPS) is 10.2. The SMILES string of the molecule is CCOC(=O)CCCNCc1ncncc1C(=O)O. The fourth-order valence-electron chi connectivity index (χ4n) is 1.47. The Kier molecular flexibility index (Phi) is 6.45. The molecular formula is C12H17N3O4. The summed E-state index contributed by atoms with van der Waals surface area (Å²) in [7, 11) is 0. The number of rotatable bonds is 8. The maximum Gasteiger partial charge on any atom is 0.339 e. The number of aromatic carboxylic acids is 1. The van der Waals surface area contributed by atoms with Gasteiger partial charge < -0.3 is 15.2 Å². The van der Waals surface area contributed by atoms with Crippen molar-refractivity contribution in [2.24, 2.45) is 0 Å². The minimum Gasteiger partial charge on any atom is -0.478 e. The summed E-state index contributed by atoms with van der Waals surface area (Å²) in [4.78, 5) is 29.6. The van der Waals surface area contributed by atoms with Crippen LogP contribution in [0.1, 0.15) is 35.8 Å². The molecule has 0 aliphatic carbocycles. The predicted octanol–water partition coefficient (Wildman–Crippen LogP) is 0.608. The molecule has 1 aromatic heterocycles. The zero-order valence-electron chi connectivity index (χ0n) is 10.8. The van der Waals surface area contributed by atoms with Crippen molar-refractivity contribution < 1.29 is 19.4 Å². The smallest absolute Gasteiger partial charge is 0.339 e.